The Kier molecular flexibility index (Phi) is 4.81. The van der Waals surface area contributed by atoms with E-state index in [2.05, 4.69) is 15.3 Å². The van der Waals surface area contributed by atoms with Gasteiger partial charge in [0.1, 0.15) is 5.82 Å². The number of carbonyl (C=O) groups is 1. The average Bonchev–Trinajstić information content (AvgIpc) is 2.73. The van der Waals surface area contributed by atoms with Crippen molar-refractivity contribution in [2.45, 2.75) is 13.0 Å². The van der Waals surface area contributed by atoms with Crippen molar-refractivity contribution in [1.29, 1.82) is 0 Å². The summed E-state index contributed by atoms with van der Waals surface area (Å²) < 4.78 is 14.1. The van der Waals surface area contributed by atoms with Gasteiger partial charge in [-0.3, -0.25) is 4.79 Å². The zero-order valence-corrected chi connectivity index (χ0v) is 15.3. The summed E-state index contributed by atoms with van der Waals surface area (Å²) in [5.41, 5.74) is 2.95. The minimum atomic E-state index is -0.478. The molecule has 2 heterocycles. The van der Waals surface area contributed by atoms with E-state index in [1.54, 1.807) is 43.5 Å². The first-order chi connectivity index (χ1) is 13.6. The summed E-state index contributed by atoms with van der Waals surface area (Å²) in [5, 5.41) is 3.54. The lowest BCUT2D eigenvalue weighted by Gasteiger charge is -2.16. The molecular weight excluding hydrogens is 353 g/mol. The van der Waals surface area contributed by atoms with Crippen molar-refractivity contribution >= 4 is 16.9 Å². The van der Waals surface area contributed by atoms with Crippen LogP contribution in [-0.4, -0.2) is 15.9 Å². The normalized spacial score (nSPS) is 11.9. The van der Waals surface area contributed by atoms with Gasteiger partial charge >= 0.3 is 0 Å². The van der Waals surface area contributed by atoms with Crippen LogP contribution in [0.4, 0.5) is 4.39 Å². The van der Waals surface area contributed by atoms with Gasteiger partial charge in [0.05, 0.1) is 17.3 Å². The topological polar surface area (TPSA) is 54.9 Å². The predicted molar refractivity (Wildman–Crippen MR) is 107 cm³/mol. The quantitative estimate of drug-likeness (QED) is 0.554. The monoisotopic (exact) mass is 371 g/mol. The predicted octanol–water partition coefficient (Wildman–Crippen LogP) is 4.93. The number of nitrogens with one attached hydrogen (secondary N) is 1. The molecule has 0 bridgehead atoms. The molecule has 1 amide bonds. The number of hydrogen-bond acceptors (Lipinski definition) is 3. The molecule has 0 radical (unpaired) electrons. The van der Waals surface area contributed by atoms with Crippen molar-refractivity contribution in [3.05, 3.63) is 95.9 Å². The van der Waals surface area contributed by atoms with Crippen LogP contribution < -0.4 is 5.32 Å². The Morgan fingerprint density at radius 2 is 1.75 bits per heavy atom. The minimum Gasteiger partial charge on any atom is -0.345 e. The Labute approximate surface area is 162 Å². The van der Waals surface area contributed by atoms with E-state index >= 15 is 0 Å². The molecule has 0 aliphatic heterocycles. The summed E-state index contributed by atoms with van der Waals surface area (Å²) >= 11 is 0. The first kappa shape index (κ1) is 17.8. The molecule has 0 saturated heterocycles. The van der Waals surface area contributed by atoms with E-state index in [4.69, 9.17) is 0 Å². The van der Waals surface area contributed by atoms with Gasteiger partial charge in [-0.15, -0.1) is 0 Å². The smallest absolute Gasteiger partial charge is 0.252 e. The lowest BCUT2D eigenvalue weighted by atomic mass is 10.0. The fourth-order valence-corrected chi connectivity index (χ4v) is 3.18. The molecule has 0 fully saturated rings. The van der Waals surface area contributed by atoms with Gasteiger partial charge in [-0.05, 0) is 31.2 Å². The van der Waals surface area contributed by atoms with E-state index < -0.39 is 6.04 Å². The Bertz CT molecular complexity index is 1140. The van der Waals surface area contributed by atoms with Gasteiger partial charge < -0.3 is 5.32 Å². The first-order valence-corrected chi connectivity index (χ1v) is 9.00. The van der Waals surface area contributed by atoms with Gasteiger partial charge in [0.15, 0.2) is 5.65 Å². The molecule has 1 unspecified atom stereocenters. The van der Waals surface area contributed by atoms with E-state index in [9.17, 15) is 9.18 Å². The maximum absolute atomic E-state index is 14.1. The van der Waals surface area contributed by atoms with Gasteiger partial charge in [-0.25, -0.2) is 14.4 Å². The molecule has 138 valence electrons. The summed E-state index contributed by atoms with van der Waals surface area (Å²) in [6, 6.07) is 20.9. The molecular formula is C23H18FN3O. The maximum Gasteiger partial charge on any atom is 0.252 e. The van der Waals surface area contributed by atoms with Crippen LogP contribution >= 0.6 is 0 Å². The third kappa shape index (κ3) is 3.47. The van der Waals surface area contributed by atoms with Crippen molar-refractivity contribution in [1.82, 2.24) is 15.3 Å². The fourth-order valence-electron chi connectivity index (χ4n) is 3.18. The van der Waals surface area contributed by atoms with Crippen LogP contribution in [0.5, 0.6) is 0 Å². The Morgan fingerprint density at radius 3 is 2.54 bits per heavy atom. The molecule has 28 heavy (non-hydrogen) atoms. The number of carbonyl (C=O) groups excluding carboxylic acids is 1. The second-order valence-electron chi connectivity index (χ2n) is 6.51. The van der Waals surface area contributed by atoms with Crippen molar-refractivity contribution in [2.24, 2.45) is 0 Å². The minimum absolute atomic E-state index is 0.298. The Morgan fingerprint density at radius 1 is 1.00 bits per heavy atom. The number of hydrogen-bond donors (Lipinski definition) is 1. The first-order valence-electron chi connectivity index (χ1n) is 9.00. The standard InChI is InChI=1S/C23H18FN3O/c1-15(17-10-5-6-12-20(17)24)26-23(28)19-14-21(16-8-3-2-4-9-16)27-22-18(19)11-7-13-25-22/h2-15H,1H3,(H,26,28). The Hall–Kier alpha value is -3.60. The van der Waals surface area contributed by atoms with Gasteiger partial charge in [-0.1, -0.05) is 48.5 Å². The number of aromatic nitrogens is 2. The number of pyridine rings is 2. The highest BCUT2D eigenvalue weighted by Crippen LogP contribution is 2.25. The zero-order chi connectivity index (χ0) is 19.5. The largest absolute Gasteiger partial charge is 0.345 e. The highest BCUT2D eigenvalue weighted by Gasteiger charge is 2.18. The third-order valence-corrected chi connectivity index (χ3v) is 4.62. The summed E-state index contributed by atoms with van der Waals surface area (Å²) in [5.74, 6) is -0.644. The molecule has 0 aliphatic carbocycles. The summed E-state index contributed by atoms with van der Waals surface area (Å²) in [6.07, 6.45) is 1.65. The summed E-state index contributed by atoms with van der Waals surface area (Å²) in [6.45, 7) is 1.76. The maximum atomic E-state index is 14.1. The van der Waals surface area contributed by atoms with Gasteiger partial charge in [-0.2, -0.15) is 0 Å². The average molecular weight is 371 g/mol. The molecule has 4 aromatic rings. The SMILES string of the molecule is CC(NC(=O)c1cc(-c2ccccc2)nc2ncccc12)c1ccccc1F. The van der Waals surface area contributed by atoms with Crippen molar-refractivity contribution in [2.75, 3.05) is 0 Å². The fraction of sp³-hybridized carbons (Fsp3) is 0.0870. The molecule has 0 spiro atoms. The number of halogens is 1. The van der Waals surface area contributed by atoms with Crippen LogP contribution in [0, 0.1) is 5.82 Å². The molecule has 2 aromatic carbocycles. The second kappa shape index (κ2) is 7.56. The van der Waals surface area contributed by atoms with Crippen LogP contribution in [0.1, 0.15) is 28.9 Å². The number of amides is 1. The summed E-state index contributed by atoms with van der Waals surface area (Å²) in [7, 11) is 0. The molecule has 1 atom stereocenters. The van der Waals surface area contributed by atoms with Gasteiger partial charge in [0.2, 0.25) is 0 Å². The number of rotatable bonds is 4. The van der Waals surface area contributed by atoms with Crippen molar-refractivity contribution < 1.29 is 9.18 Å². The van der Waals surface area contributed by atoms with Crippen LogP contribution in [0.3, 0.4) is 0 Å². The van der Waals surface area contributed by atoms with Crippen molar-refractivity contribution in [3.63, 3.8) is 0 Å². The lowest BCUT2D eigenvalue weighted by molar-refractivity contribution is 0.0941. The Balaban J connectivity index is 1.75. The molecule has 0 saturated carbocycles. The van der Waals surface area contributed by atoms with E-state index in [-0.39, 0.29) is 11.7 Å². The molecule has 0 aliphatic rings. The number of benzene rings is 2. The zero-order valence-electron chi connectivity index (χ0n) is 15.3. The van der Waals surface area contributed by atoms with E-state index in [0.29, 0.717) is 27.9 Å². The third-order valence-electron chi connectivity index (χ3n) is 4.62. The molecule has 2 aromatic heterocycles. The van der Waals surface area contributed by atoms with Crippen LogP contribution in [0.2, 0.25) is 0 Å². The molecule has 5 heteroatoms. The van der Waals surface area contributed by atoms with Gasteiger partial charge in [0.25, 0.3) is 5.91 Å². The lowest BCUT2D eigenvalue weighted by Crippen LogP contribution is -2.27. The molecule has 1 N–H and O–H groups in total. The van der Waals surface area contributed by atoms with Crippen LogP contribution in [0.15, 0.2) is 79.0 Å². The second-order valence-corrected chi connectivity index (χ2v) is 6.51. The van der Waals surface area contributed by atoms with E-state index in [1.165, 1.54) is 6.07 Å². The highest BCUT2D eigenvalue weighted by atomic mass is 19.1. The highest BCUT2D eigenvalue weighted by molar-refractivity contribution is 6.06. The van der Waals surface area contributed by atoms with Crippen molar-refractivity contribution in [3.8, 4) is 11.3 Å². The number of nitrogens with zero attached hydrogens (tertiary/aromatic N) is 2. The van der Waals surface area contributed by atoms with E-state index in [0.717, 1.165) is 5.56 Å². The molecule has 4 nitrogen and oxygen atoms in total. The van der Waals surface area contributed by atoms with Crippen LogP contribution in [0.25, 0.3) is 22.3 Å². The van der Waals surface area contributed by atoms with Crippen LogP contribution in [-0.2, 0) is 0 Å². The van der Waals surface area contributed by atoms with E-state index in [1.807, 2.05) is 36.4 Å². The van der Waals surface area contributed by atoms with Gasteiger partial charge in [0, 0.05) is 22.7 Å². The molecule has 4 rings (SSSR count). The number of fused-ring (bicyclic) bond motifs is 1. The summed E-state index contributed by atoms with van der Waals surface area (Å²) in [4.78, 5) is 21.9.